The van der Waals surface area contributed by atoms with Crippen LogP contribution in [-0.2, 0) is 4.79 Å². The first-order chi connectivity index (χ1) is 16.9. The number of fused-ring (bicyclic) bond motifs is 2. The zero-order chi connectivity index (χ0) is 24.3. The van der Waals surface area contributed by atoms with Gasteiger partial charge in [0.2, 0.25) is 5.91 Å². The number of imidazole rings is 1. The second kappa shape index (κ2) is 8.42. The van der Waals surface area contributed by atoms with Crippen LogP contribution < -0.4 is 20.7 Å². The van der Waals surface area contributed by atoms with Crippen molar-refractivity contribution in [1.82, 2.24) is 19.9 Å². The van der Waals surface area contributed by atoms with Crippen LogP contribution >= 0.6 is 11.6 Å². The quantitative estimate of drug-likeness (QED) is 0.452. The number of benzene rings is 1. The molecular formula is C25H28ClN7O2. The second-order valence-corrected chi connectivity index (χ2v) is 9.99. The van der Waals surface area contributed by atoms with Gasteiger partial charge in [0.25, 0.3) is 0 Å². The lowest BCUT2D eigenvalue weighted by Gasteiger charge is -2.53. The van der Waals surface area contributed by atoms with Crippen molar-refractivity contribution in [2.24, 2.45) is 23.5 Å². The number of piperazine rings is 1. The maximum atomic E-state index is 12.0. The minimum Gasteiger partial charge on any atom is -0.496 e. The van der Waals surface area contributed by atoms with Crippen molar-refractivity contribution >= 4 is 40.0 Å². The number of allylic oxidation sites excluding steroid dienone is 1. The number of H-pyrrole nitrogens is 1. The molecule has 1 saturated carbocycles. The molecule has 35 heavy (non-hydrogen) atoms. The Morgan fingerprint density at radius 3 is 2.69 bits per heavy atom. The second-order valence-electron chi connectivity index (χ2n) is 9.58. The molecule has 9 nitrogen and oxygen atoms in total. The van der Waals surface area contributed by atoms with Crippen molar-refractivity contribution in [1.29, 1.82) is 0 Å². The molecule has 10 heteroatoms. The number of nitrogens with one attached hydrogen (secondary N) is 2. The summed E-state index contributed by atoms with van der Waals surface area (Å²) >= 11 is 6.55. The maximum Gasteiger partial charge on any atom is 0.223 e. The van der Waals surface area contributed by atoms with E-state index < -0.39 is 0 Å². The Balaban J connectivity index is 1.33. The van der Waals surface area contributed by atoms with Gasteiger partial charge in [0.15, 0.2) is 5.65 Å². The van der Waals surface area contributed by atoms with E-state index in [2.05, 4.69) is 56.4 Å². The summed E-state index contributed by atoms with van der Waals surface area (Å²) in [5.41, 5.74) is 9.54. The van der Waals surface area contributed by atoms with Crippen LogP contribution in [0.25, 0.3) is 22.6 Å². The first-order valence-corrected chi connectivity index (χ1v) is 12.2. The van der Waals surface area contributed by atoms with E-state index in [4.69, 9.17) is 27.1 Å². The largest absolute Gasteiger partial charge is 0.496 e. The lowest BCUT2D eigenvalue weighted by molar-refractivity contribution is -0.129. The number of aromatic nitrogens is 3. The topological polar surface area (TPSA) is 112 Å². The van der Waals surface area contributed by atoms with Gasteiger partial charge in [-0.1, -0.05) is 23.8 Å². The number of primary amides is 1. The number of rotatable bonds is 6. The van der Waals surface area contributed by atoms with Crippen LogP contribution in [0.3, 0.4) is 0 Å². The normalized spacial score (nSPS) is 25.6. The van der Waals surface area contributed by atoms with Gasteiger partial charge in [-0.15, -0.1) is 0 Å². The average Bonchev–Trinajstić information content (AvgIpc) is 3.27. The van der Waals surface area contributed by atoms with Gasteiger partial charge in [-0.05, 0) is 25.1 Å². The van der Waals surface area contributed by atoms with E-state index in [1.165, 1.54) is 0 Å². The molecule has 1 amide bonds. The highest BCUT2D eigenvalue weighted by Gasteiger charge is 2.54. The molecule has 0 bridgehead atoms. The molecule has 1 aromatic carbocycles. The first-order valence-electron chi connectivity index (χ1n) is 11.8. The highest BCUT2D eigenvalue weighted by molar-refractivity contribution is 6.34. The van der Waals surface area contributed by atoms with Gasteiger partial charge in [0, 0.05) is 49.9 Å². The minimum absolute atomic E-state index is 0.102. The minimum atomic E-state index is -0.301. The Morgan fingerprint density at radius 2 is 2.00 bits per heavy atom. The van der Waals surface area contributed by atoms with Crippen molar-refractivity contribution in [2.75, 3.05) is 50.6 Å². The number of hydrogen-bond donors (Lipinski definition) is 3. The van der Waals surface area contributed by atoms with Crippen LogP contribution in [0.15, 0.2) is 36.5 Å². The van der Waals surface area contributed by atoms with Gasteiger partial charge in [-0.2, -0.15) is 0 Å². The number of aromatic amines is 1. The van der Waals surface area contributed by atoms with E-state index in [0.717, 1.165) is 43.2 Å². The molecule has 3 aromatic rings. The lowest BCUT2D eigenvalue weighted by atomic mass is 9.54. The van der Waals surface area contributed by atoms with Crippen LogP contribution in [-0.4, -0.2) is 72.1 Å². The van der Waals surface area contributed by atoms with Gasteiger partial charge >= 0.3 is 0 Å². The average molecular weight is 494 g/mol. The van der Waals surface area contributed by atoms with Gasteiger partial charge in [0.1, 0.15) is 17.1 Å². The molecule has 182 valence electrons. The standard InChI is InChI=1S/C25H28ClN7O2/c1-32-7-9-33(10-8-32)13-3-4-16(18(11-13)35-2)24-30-22-21(17(26)12-28-25(22)31-24)29-20-15-6-5-14(15)19(20)23(27)34/h3-6,11-12,14-15,19-20H,7-10H2,1-2H3,(H2,27,34)(H2,28,29,30,31)/t14?,15-,19-,20+/m0/s1. The zero-order valence-electron chi connectivity index (χ0n) is 19.7. The Kier molecular flexibility index (Phi) is 5.34. The number of amides is 1. The monoisotopic (exact) mass is 493 g/mol. The van der Waals surface area contributed by atoms with E-state index in [9.17, 15) is 4.79 Å². The zero-order valence-corrected chi connectivity index (χ0v) is 20.4. The Morgan fingerprint density at radius 1 is 1.23 bits per heavy atom. The van der Waals surface area contributed by atoms with E-state index in [0.29, 0.717) is 27.7 Å². The summed E-state index contributed by atoms with van der Waals surface area (Å²) in [6, 6.07) is 6.08. The highest BCUT2D eigenvalue weighted by atomic mass is 35.5. The fourth-order valence-electron chi connectivity index (χ4n) is 5.48. The molecule has 1 unspecified atom stereocenters. The number of methoxy groups -OCH3 is 1. The number of ether oxygens (including phenoxy) is 1. The summed E-state index contributed by atoms with van der Waals surface area (Å²) in [6.45, 7) is 4.02. The number of pyridine rings is 1. The number of nitrogens with zero attached hydrogens (tertiary/aromatic N) is 4. The van der Waals surface area contributed by atoms with Crippen LogP contribution in [0.2, 0.25) is 5.02 Å². The Bertz CT molecular complexity index is 1330. The third-order valence-corrected chi connectivity index (χ3v) is 7.92. The maximum absolute atomic E-state index is 12.0. The molecule has 4 N–H and O–H groups in total. The molecule has 2 aromatic heterocycles. The van der Waals surface area contributed by atoms with Crippen molar-refractivity contribution in [3.63, 3.8) is 0 Å². The number of nitrogens with two attached hydrogens (primary N) is 1. The van der Waals surface area contributed by atoms with Crippen molar-refractivity contribution in [3.8, 4) is 17.1 Å². The van der Waals surface area contributed by atoms with E-state index in [1.54, 1.807) is 13.3 Å². The van der Waals surface area contributed by atoms with Crippen molar-refractivity contribution in [3.05, 3.63) is 41.6 Å². The third-order valence-electron chi connectivity index (χ3n) is 7.64. The molecular weight excluding hydrogens is 466 g/mol. The number of anilines is 2. The van der Waals surface area contributed by atoms with Crippen LogP contribution in [0, 0.1) is 17.8 Å². The SMILES string of the molecule is COc1cc(N2CCN(C)CC2)ccc1-c1nc2ncc(Cl)c(N[C@@H]3[C@H]4C=CC4[C@@H]3C(N)=O)c2[nH]1. The van der Waals surface area contributed by atoms with Crippen molar-refractivity contribution in [2.45, 2.75) is 6.04 Å². The number of halogens is 1. The molecule has 6 rings (SSSR count). The van der Waals surface area contributed by atoms with E-state index >= 15 is 0 Å². The molecule has 3 aliphatic rings. The molecule has 2 fully saturated rings. The molecule has 1 aliphatic heterocycles. The fourth-order valence-corrected chi connectivity index (χ4v) is 5.68. The predicted octanol–water partition coefficient (Wildman–Crippen LogP) is 2.74. The summed E-state index contributed by atoms with van der Waals surface area (Å²) < 4.78 is 5.75. The van der Waals surface area contributed by atoms with Crippen LogP contribution in [0.5, 0.6) is 5.75 Å². The molecule has 0 spiro atoms. The third kappa shape index (κ3) is 3.61. The highest BCUT2D eigenvalue weighted by Crippen LogP contribution is 2.50. The van der Waals surface area contributed by atoms with E-state index in [1.807, 2.05) is 6.07 Å². The molecule has 3 heterocycles. The number of likely N-dealkylation sites (N-methyl/N-ethyl adjacent to an activating group) is 1. The Labute approximate surface area is 208 Å². The van der Waals surface area contributed by atoms with Crippen LogP contribution in [0.1, 0.15) is 0 Å². The predicted molar refractivity (Wildman–Crippen MR) is 137 cm³/mol. The number of carbonyl (C=O) groups excluding carboxylic acids is 1. The molecule has 1 saturated heterocycles. The van der Waals surface area contributed by atoms with Crippen molar-refractivity contribution < 1.29 is 9.53 Å². The molecule has 4 atom stereocenters. The van der Waals surface area contributed by atoms with Gasteiger partial charge < -0.3 is 30.6 Å². The lowest BCUT2D eigenvalue weighted by Crippen LogP contribution is -2.61. The summed E-state index contributed by atoms with van der Waals surface area (Å²) in [6.07, 6.45) is 5.74. The Hall–Kier alpha value is -3.30. The molecule has 2 aliphatic carbocycles. The summed E-state index contributed by atoms with van der Waals surface area (Å²) in [5.74, 6) is 1.30. The summed E-state index contributed by atoms with van der Waals surface area (Å²) in [5, 5.41) is 3.92. The van der Waals surface area contributed by atoms with Gasteiger partial charge in [0.05, 0.1) is 35.5 Å². The summed E-state index contributed by atoms with van der Waals surface area (Å²) in [7, 11) is 3.81. The first kappa shape index (κ1) is 22.2. The smallest absolute Gasteiger partial charge is 0.223 e. The number of hydrogen-bond acceptors (Lipinski definition) is 7. The molecule has 0 radical (unpaired) electrons. The van der Waals surface area contributed by atoms with Crippen LogP contribution in [0.4, 0.5) is 11.4 Å². The fraction of sp³-hybridized carbons (Fsp3) is 0.400. The number of carbonyl (C=O) groups is 1. The van der Waals surface area contributed by atoms with Gasteiger partial charge in [-0.25, -0.2) is 9.97 Å². The summed E-state index contributed by atoms with van der Waals surface area (Å²) in [4.78, 5) is 29.2. The van der Waals surface area contributed by atoms with Gasteiger partial charge in [-0.3, -0.25) is 4.79 Å². The van der Waals surface area contributed by atoms with E-state index in [-0.39, 0.29) is 29.7 Å².